The number of aromatic nitrogens is 1. The van der Waals surface area contributed by atoms with Crippen molar-refractivity contribution in [1.29, 1.82) is 0 Å². The van der Waals surface area contributed by atoms with E-state index in [-0.39, 0.29) is 14.7 Å². The normalized spacial score (nSPS) is 10.9. The van der Waals surface area contributed by atoms with E-state index in [4.69, 9.17) is 12.2 Å². The van der Waals surface area contributed by atoms with Crippen LogP contribution < -0.4 is 0 Å². The maximum atomic E-state index is 5.55. The standard InChI is InChI=1S/C14H11NSSe/c1-10-6-8-11(9-7-10)15-14(16)12-4-2-3-5-13(12)17-15/h2-9H,1H3. The van der Waals surface area contributed by atoms with Gasteiger partial charge in [0.05, 0.1) is 0 Å². The van der Waals surface area contributed by atoms with Crippen molar-refractivity contribution in [2.45, 2.75) is 6.92 Å². The Morgan fingerprint density at radius 1 is 1.00 bits per heavy atom. The first-order valence-corrected chi connectivity index (χ1v) is 7.47. The van der Waals surface area contributed by atoms with Gasteiger partial charge in [-0.1, -0.05) is 0 Å². The van der Waals surface area contributed by atoms with E-state index in [1.807, 2.05) is 0 Å². The molecule has 1 heterocycles. The Bertz CT molecular complexity index is 722. The van der Waals surface area contributed by atoms with Crippen LogP contribution in [0, 0.1) is 11.6 Å². The van der Waals surface area contributed by atoms with Gasteiger partial charge in [0.15, 0.2) is 0 Å². The molecule has 0 radical (unpaired) electrons. The van der Waals surface area contributed by atoms with Crippen LogP contribution in [0.3, 0.4) is 0 Å². The first kappa shape index (κ1) is 11.0. The molecule has 17 heavy (non-hydrogen) atoms. The van der Waals surface area contributed by atoms with Gasteiger partial charge in [-0.3, -0.25) is 0 Å². The van der Waals surface area contributed by atoms with Gasteiger partial charge in [0, 0.05) is 0 Å². The number of hydrogen-bond acceptors (Lipinski definition) is 1. The second-order valence-electron chi connectivity index (χ2n) is 4.02. The molecule has 0 aliphatic heterocycles. The minimum atomic E-state index is 0.281. The van der Waals surface area contributed by atoms with Gasteiger partial charge >= 0.3 is 112 Å². The van der Waals surface area contributed by atoms with Crippen LogP contribution in [0.25, 0.3) is 15.3 Å². The van der Waals surface area contributed by atoms with Crippen LogP contribution in [0.2, 0.25) is 0 Å². The molecule has 2 aromatic carbocycles. The van der Waals surface area contributed by atoms with E-state index >= 15 is 0 Å². The van der Waals surface area contributed by atoms with Crippen molar-refractivity contribution >= 4 is 36.6 Å². The molecule has 3 aromatic rings. The van der Waals surface area contributed by atoms with E-state index in [1.54, 1.807) is 0 Å². The molecule has 0 atom stereocenters. The number of nitrogens with zero attached hydrogens (tertiary/aromatic N) is 1. The molecular formula is C14H11NSSe. The first-order chi connectivity index (χ1) is 8.25. The fourth-order valence-corrected chi connectivity index (χ4v) is 4.56. The zero-order chi connectivity index (χ0) is 11.8. The van der Waals surface area contributed by atoms with E-state index in [2.05, 4.69) is 59.0 Å². The van der Waals surface area contributed by atoms with Crippen LogP contribution in [-0.4, -0.2) is 18.3 Å². The summed E-state index contributed by atoms with van der Waals surface area (Å²) in [4.78, 5) is 0. The molecule has 1 aromatic heterocycles. The second kappa shape index (κ2) is 4.26. The third-order valence-corrected chi connectivity index (χ3v) is 5.79. The predicted molar refractivity (Wildman–Crippen MR) is 75.8 cm³/mol. The van der Waals surface area contributed by atoms with Crippen LogP contribution in [0.15, 0.2) is 48.5 Å². The number of aryl methyl sites for hydroxylation is 1. The summed E-state index contributed by atoms with van der Waals surface area (Å²) in [7, 11) is 0. The molecule has 0 saturated carbocycles. The predicted octanol–water partition coefficient (Wildman–Crippen LogP) is 3.73. The van der Waals surface area contributed by atoms with E-state index in [9.17, 15) is 0 Å². The quantitative estimate of drug-likeness (QED) is 0.490. The van der Waals surface area contributed by atoms with Gasteiger partial charge in [0.25, 0.3) is 0 Å². The van der Waals surface area contributed by atoms with Gasteiger partial charge in [-0.2, -0.15) is 0 Å². The Hall–Kier alpha value is -1.15. The van der Waals surface area contributed by atoms with Crippen molar-refractivity contribution in [3.63, 3.8) is 0 Å². The van der Waals surface area contributed by atoms with Crippen LogP contribution in [0.4, 0.5) is 0 Å². The molecule has 3 heteroatoms. The maximum absolute atomic E-state index is 5.55. The molecule has 0 bridgehead atoms. The van der Waals surface area contributed by atoms with Crippen LogP contribution in [0.5, 0.6) is 0 Å². The summed E-state index contributed by atoms with van der Waals surface area (Å²) in [5.74, 6) is 0. The van der Waals surface area contributed by atoms with Crippen molar-refractivity contribution in [1.82, 2.24) is 3.56 Å². The first-order valence-electron chi connectivity index (χ1n) is 5.44. The third-order valence-electron chi connectivity index (χ3n) is 2.76. The summed E-state index contributed by atoms with van der Waals surface area (Å²) >= 11 is 5.83. The molecule has 1 nitrogen and oxygen atoms in total. The molecule has 0 spiro atoms. The van der Waals surface area contributed by atoms with Gasteiger partial charge in [0.1, 0.15) is 0 Å². The van der Waals surface area contributed by atoms with Crippen molar-refractivity contribution in [3.05, 3.63) is 58.7 Å². The van der Waals surface area contributed by atoms with E-state index in [0.29, 0.717) is 0 Å². The Morgan fingerprint density at radius 2 is 1.71 bits per heavy atom. The van der Waals surface area contributed by atoms with Crippen LogP contribution >= 0.6 is 12.2 Å². The fraction of sp³-hybridized carbons (Fsp3) is 0.0714. The Kier molecular flexibility index (Phi) is 2.75. The number of hydrogen-bond donors (Lipinski definition) is 0. The van der Waals surface area contributed by atoms with Crippen LogP contribution in [-0.2, 0) is 0 Å². The van der Waals surface area contributed by atoms with Gasteiger partial charge in [0.2, 0.25) is 0 Å². The molecule has 3 rings (SSSR count). The average molecular weight is 304 g/mol. The van der Waals surface area contributed by atoms with E-state index < -0.39 is 0 Å². The zero-order valence-electron chi connectivity index (χ0n) is 9.38. The van der Waals surface area contributed by atoms with Crippen molar-refractivity contribution in [3.8, 4) is 5.69 Å². The second-order valence-corrected chi connectivity index (χ2v) is 6.48. The van der Waals surface area contributed by atoms with Gasteiger partial charge in [-0.15, -0.1) is 0 Å². The zero-order valence-corrected chi connectivity index (χ0v) is 11.9. The summed E-state index contributed by atoms with van der Waals surface area (Å²) < 4.78 is 4.60. The molecule has 0 unspecified atom stereocenters. The number of fused-ring (bicyclic) bond motifs is 1. The summed E-state index contributed by atoms with van der Waals surface area (Å²) in [6.45, 7) is 2.10. The molecule has 84 valence electrons. The molecule has 0 aliphatic rings. The van der Waals surface area contributed by atoms with E-state index in [1.165, 1.54) is 20.9 Å². The van der Waals surface area contributed by atoms with Crippen LogP contribution in [0.1, 0.15) is 5.56 Å². The molecule has 0 N–H and O–H groups in total. The van der Waals surface area contributed by atoms with Crippen molar-refractivity contribution in [2.75, 3.05) is 0 Å². The number of benzene rings is 2. The molecular weight excluding hydrogens is 293 g/mol. The molecule has 0 aliphatic carbocycles. The Balaban J connectivity index is 2.27. The summed E-state index contributed by atoms with van der Waals surface area (Å²) in [6.07, 6.45) is 0. The summed E-state index contributed by atoms with van der Waals surface area (Å²) in [5.41, 5.74) is 2.49. The van der Waals surface area contributed by atoms with Gasteiger partial charge < -0.3 is 0 Å². The van der Waals surface area contributed by atoms with Gasteiger partial charge in [-0.05, 0) is 0 Å². The Morgan fingerprint density at radius 3 is 2.41 bits per heavy atom. The molecule has 0 amide bonds. The minimum absolute atomic E-state index is 0.281. The van der Waals surface area contributed by atoms with Crippen molar-refractivity contribution in [2.24, 2.45) is 0 Å². The average Bonchev–Trinajstić information content (AvgIpc) is 2.69. The fourth-order valence-electron chi connectivity index (χ4n) is 1.82. The molecule has 0 saturated heterocycles. The molecule has 0 fully saturated rings. The van der Waals surface area contributed by atoms with Crippen molar-refractivity contribution < 1.29 is 0 Å². The summed E-state index contributed by atoms with van der Waals surface area (Å²) in [6, 6.07) is 17.0. The Labute approximate surface area is 111 Å². The SMILES string of the molecule is Cc1ccc(-n2[se]c3ccccc3c2=S)cc1. The van der Waals surface area contributed by atoms with E-state index in [0.717, 1.165) is 4.64 Å². The summed E-state index contributed by atoms with van der Waals surface area (Å²) in [5, 5.41) is 1.23. The van der Waals surface area contributed by atoms with Gasteiger partial charge in [-0.25, -0.2) is 0 Å². The third kappa shape index (κ3) is 1.91. The monoisotopic (exact) mass is 305 g/mol. The topological polar surface area (TPSA) is 4.93 Å². The number of rotatable bonds is 1.